The Labute approximate surface area is 112 Å². The Bertz CT molecular complexity index is 599. The van der Waals surface area contributed by atoms with Crippen LogP contribution in [0.2, 0.25) is 0 Å². The summed E-state index contributed by atoms with van der Waals surface area (Å²) in [5.41, 5.74) is 4.25. The Balaban J connectivity index is 1.96. The van der Waals surface area contributed by atoms with Crippen molar-refractivity contribution in [2.24, 2.45) is 7.05 Å². The first-order valence-electron chi connectivity index (χ1n) is 6.66. The highest BCUT2D eigenvalue weighted by Gasteiger charge is 2.21. The van der Waals surface area contributed by atoms with Gasteiger partial charge < -0.3 is 5.32 Å². The molecule has 0 radical (unpaired) electrons. The van der Waals surface area contributed by atoms with Gasteiger partial charge in [0.15, 0.2) is 0 Å². The number of hydrogen-bond donors (Lipinski definition) is 1. The normalized spacial score (nSPS) is 14.9. The van der Waals surface area contributed by atoms with Gasteiger partial charge in [-0.2, -0.15) is 5.10 Å². The van der Waals surface area contributed by atoms with Gasteiger partial charge in [0.05, 0.1) is 6.20 Å². The fraction of sp³-hybridized carbons (Fsp3) is 0.400. The van der Waals surface area contributed by atoms with Gasteiger partial charge in [-0.05, 0) is 43.0 Å². The van der Waals surface area contributed by atoms with Crippen LogP contribution in [0.3, 0.4) is 0 Å². The molecule has 0 aliphatic heterocycles. The molecule has 0 bridgehead atoms. The topological polar surface area (TPSA) is 29.9 Å². The van der Waals surface area contributed by atoms with Crippen molar-refractivity contribution in [3.05, 3.63) is 41.5 Å². The average molecular weight is 259 g/mol. The van der Waals surface area contributed by atoms with Crippen molar-refractivity contribution >= 4 is 0 Å². The number of halogens is 1. The van der Waals surface area contributed by atoms with E-state index in [2.05, 4.69) is 10.4 Å². The van der Waals surface area contributed by atoms with Gasteiger partial charge in [0.2, 0.25) is 0 Å². The molecule has 1 fully saturated rings. The van der Waals surface area contributed by atoms with Gasteiger partial charge >= 0.3 is 0 Å². The van der Waals surface area contributed by atoms with Gasteiger partial charge in [0, 0.05) is 30.9 Å². The van der Waals surface area contributed by atoms with Crippen molar-refractivity contribution in [1.29, 1.82) is 0 Å². The Kier molecular flexibility index (Phi) is 3.11. The van der Waals surface area contributed by atoms with E-state index in [1.54, 1.807) is 6.07 Å². The van der Waals surface area contributed by atoms with Crippen LogP contribution in [0, 0.1) is 12.7 Å². The molecule has 0 unspecified atom stereocenters. The van der Waals surface area contributed by atoms with Crippen molar-refractivity contribution in [1.82, 2.24) is 15.1 Å². The van der Waals surface area contributed by atoms with E-state index >= 15 is 0 Å². The second-order valence-electron chi connectivity index (χ2n) is 5.22. The van der Waals surface area contributed by atoms with Crippen LogP contribution in [0.4, 0.5) is 4.39 Å². The molecule has 3 nitrogen and oxygen atoms in total. The van der Waals surface area contributed by atoms with Crippen molar-refractivity contribution in [2.45, 2.75) is 32.4 Å². The molecule has 4 heteroatoms. The molecule has 1 aromatic heterocycles. The van der Waals surface area contributed by atoms with E-state index in [-0.39, 0.29) is 5.82 Å². The summed E-state index contributed by atoms with van der Waals surface area (Å²) in [5.74, 6) is -0.183. The Morgan fingerprint density at radius 2 is 2.16 bits per heavy atom. The number of aromatic nitrogens is 2. The molecule has 1 aliphatic rings. The summed E-state index contributed by atoms with van der Waals surface area (Å²) < 4.78 is 15.3. The van der Waals surface area contributed by atoms with Crippen LogP contribution in [0.1, 0.15) is 24.1 Å². The fourth-order valence-corrected chi connectivity index (χ4v) is 2.28. The van der Waals surface area contributed by atoms with E-state index in [0.29, 0.717) is 12.6 Å². The lowest BCUT2D eigenvalue weighted by Gasteiger charge is -2.10. The molecule has 100 valence electrons. The zero-order valence-corrected chi connectivity index (χ0v) is 11.3. The number of nitrogens with zero attached hydrogens (tertiary/aromatic N) is 2. The van der Waals surface area contributed by atoms with E-state index in [1.807, 2.05) is 30.9 Å². The van der Waals surface area contributed by atoms with Crippen molar-refractivity contribution in [3.63, 3.8) is 0 Å². The average Bonchev–Trinajstić information content (AvgIpc) is 3.16. The quantitative estimate of drug-likeness (QED) is 0.915. The van der Waals surface area contributed by atoms with Crippen LogP contribution in [0.5, 0.6) is 0 Å². The lowest BCUT2D eigenvalue weighted by Crippen LogP contribution is -2.16. The summed E-state index contributed by atoms with van der Waals surface area (Å²) in [4.78, 5) is 0. The van der Waals surface area contributed by atoms with Gasteiger partial charge in [0.1, 0.15) is 5.82 Å². The van der Waals surface area contributed by atoms with Crippen LogP contribution in [-0.4, -0.2) is 15.8 Å². The van der Waals surface area contributed by atoms with Gasteiger partial charge in [-0.25, -0.2) is 4.39 Å². The molecule has 1 saturated carbocycles. The summed E-state index contributed by atoms with van der Waals surface area (Å²) >= 11 is 0. The molecule has 2 aromatic rings. The molecule has 0 saturated heterocycles. The Morgan fingerprint density at radius 3 is 2.79 bits per heavy atom. The fourth-order valence-electron chi connectivity index (χ4n) is 2.28. The van der Waals surface area contributed by atoms with Gasteiger partial charge in [-0.15, -0.1) is 0 Å². The number of aryl methyl sites for hydroxylation is 1. The maximum Gasteiger partial charge on any atom is 0.123 e. The lowest BCUT2D eigenvalue weighted by molar-refractivity contribution is 0.620. The van der Waals surface area contributed by atoms with Crippen LogP contribution >= 0.6 is 0 Å². The summed E-state index contributed by atoms with van der Waals surface area (Å²) in [5, 5.41) is 7.71. The van der Waals surface area contributed by atoms with Crippen LogP contribution in [0.25, 0.3) is 11.1 Å². The third kappa shape index (κ3) is 2.54. The maximum atomic E-state index is 13.5. The number of benzene rings is 1. The van der Waals surface area contributed by atoms with Gasteiger partial charge in [0.25, 0.3) is 0 Å². The first-order chi connectivity index (χ1) is 9.15. The van der Waals surface area contributed by atoms with E-state index in [4.69, 9.17) is 0 Å². The second kappa shape index (κ2) is 4.78. The van der Waals surface area contributed by atoms with E-state index in [1.165, 1.54) is 18.9 Å². The second-order valence-corrected chi connectivity index (χ2v) is 5.22. The highest BCUT2D eigenvalue weighted by atomic mass is 19.1. The molecule has 1 aromatic carbocycles. The molecule has 0 amide bonds. The van der Waals surface area contributed by atoms with Crippen LogP contribution in [0.15, 0.2) is 24.4 Å². The first-order valence-corrected chi connectivity index (χ1v) is 6.66. The number of rotatable bonds is 4. The Hall–Kier alpha value is -1.68. The lowest BCUT2D eigenvalue weighted by atomic mass is 10.00. The predicted octanol–water partition coefficient (Wildman–Crippen LogP) is 2.79. The standard InChI is InChI=1S/C15H18FN3/c1-10-15(9-18-19(10)2)14-6-3-12(16)7-11(14)8-17-13-4-5-13/h3,6-7,9,13,17H,4-5,8H2,1-2H3. The minimum absolute atomic E-state index is 0.183. The summed E-state index contributed by atoms with van der Waals surface area (Å²) in [6.07, 6.45) is 4.32. The number of hydrogen-bond acceptors (Lipinski definition) is 2. The van der Waals surface area contributed by atoms with Crippen LogP contribution < -0.4 is 5.32 Å². The minimum atomic E-state index is -0.183. The molecule has 0 atom stereocenters. The van der Waals surface area contributed by atoms with Crippen molar-refractivity contribution < 1.29 is 4.39 Å². The molecule has 19 heavy (non-hydrogen) atoms. The first kappa shape index (κ1) is 12.4. The minimum Gasteiger partial charge on any atom is -0.310 e. The SMILES string of the molecule is Cc1c(-c2ccc(F)cc2CNC2CC2)cnn1C. The van der Waals surface area contributed by atoms with E-state index in [0.717, 1.165) is 22.4 Å². The maximum absolute atomic E-state index is 13.5. The molecular formula is C15H18FN3. The third-order valence-electron chi connectivity index (χ3n) is 3.75. The molecule has 0 spiro atoms. The summed E-state index contributed by atoms with van der Waals surface area (Å²) in [6, 6.07) is 5.61. The van der Waals surface area contributed by atoms with E-state index < -0.39 is 0 Å². The number of nitrogens with one attached hydrogen (secondary N) is 1. The smallest absolute Gasteiger partial charge is 0.123 e. The van der Waals surface area contributed by atoms with Crippen LogP contribution in [-0.2, 0) is 13.6 Å². The molecular weight excluding hydrogens is 241 g/mol. The zero-order chi connectivity index (χ0) is 13.4. The summed E-state index contributed by atoms with van der Waals surface area (Å²) in [6.45, 7) is 2.75. The highest BCUT2D eigenvalue weighted by Crippen LogP contribution is 2.28. The highest BCUT2D eigenvalue weighted by molar-refractivity contribution is 5.69. The van der Waals surface area contributed by atoms with Crippen molar-refractivity contribution in [2.75, 3.05) is 0 Å². The largest absolute Gasteiger partial charge is 0.310 e. The molecule has 3 rings (SSSR count). The predicted molar refractivity (Wildman–Crippen MR) is 73.2 cm³/mol. The summed E-state index contributed by atoms with van der Waals surface area (Å²) in [7, 11) is 1.92. The van der Waals surface area contributed by atoms with Crippen molar-refractivity contribution in [3.8, 4) is 11.1 Å². The zero-order valence-electron chi connectivity index (χ0n) is 11.3. The van der Waals surface area contributed by atoms with Gasteiger partial charge in [-0.3, -0.25) is 4.68 Å². The molecule has 1 N–H and O–H groups in total. The molecule has 1 aliphatic carbocycles. The Morgan fingerprint density at radius 1 is 1.37 bits per heavy atom. The monoisotopic (exact) mass is 259 g/mol. The third-order valence-corrected chi connectivity index (χ3v) is 3.75. The van der Waals surface area contributed by atoms with E-state index in [9.17, 15) is 4.39 Å². The molecule has 1 heterocycles. The van der Waals surface area contributed by atoms with Gasteiger partial charge in [-0.1, -0.05) is 6.07 Å².